The van der Waals surface area contributed by atoms with E-state index in [0.717, 1.165) is 30.8 Å². The van der Waals surface area contributed by atoms with Crippen molar-refractivity contribution < 1.29 is 4.74 Å². The van der Waals surface area contributed by atoms with Crippen molar-refractivity contribution in [1.82, 2.24) is 10.3 Å². The van der Waals surface area contributed by atoms with Crippen LogP contribution in [0.3, 0.4) is 0 Å². The molecule has 1 heterocycles. The van der Waals surface area contributed by atoms with Crippen LogP contribution in [0.1, 0.15) is 39.3 Å². The van der Waals surface area contributed by atoms with Gasteiger partial charge in [-0.1, -0.05) is 27.2 Å². The van der Waals surface area contributed by atoms with Crippen molar-refractivity contribution in [2.45, 2.75) is 52.7 Å². The summed E-state index contributed by atoms with van der Waals surface area (Å²) in [5, 5.41) is 3.42. The molecule has 17 heavy (non-hydrogen) atoms. The Bertz CT molecular complexity index is 326. The Kier molecular flexibility index (Phi) is 5.98. The average molecular weight is 236 g/mol. The lowest BCUT2D eigenvalue weighted by Gasteiger charge is -2.21. The molecule has 1 aromatic heterocycles. The highest BCUT2D eigenvalue weighted by molar-refractivity contribution is 5.25. The number of hydrogen-bond donors (Lipinski definition) is 1. The van der Waals surface area contributed by atoms with E-state index in [1.807, 2.05) is 19.1 Å². The van der Waals surface area contributed by atoms with E-state index in [0.29, 0.717) is 6.04 Å². The minimum Gasteiger partial charge on any atom is -0.487 e. The van der Waals surface area contributed by atoms with E-state index < -0.39 is 0 Å². The maximum Gasteiger partial charge on any atom is 0.140 e. The summed E-state index contributed by atoms with van der Waals surface area (Å²) in [7, 11) is 0. The van der Waals surface area contributed by atoms with Gasteiger partial charge in [0.05, 0.1) is 5.69 Å². The van der Waals surface area contributed by atoms with Crippen molar-refractivity contribution in [3.8, 4) is 5.75 Å². The monoisotopic (exact) mass is 236 g/mol. The molecule has 0 bridgehead atoms. The number of nitrogens with zero attached hydrogens (tertiary/aromatic N) is 1. The second-order valence-electron chi connectivity index (χ2n) is 4.68. The van der Waals surface area contributed by atoms with Crippen LogP contribution >= 0.6 is 0 Å². The molecule has 1 aromatic rings. The number of nitrogens with one attached hydrogen (secondary N) is 1. The van der Waals surface area contributed by atoms with E-state index in [1.165, 1.54) is 0 Å². The molecule has 1 unspecified atom stereocenters. The Labute approximate surface area is 105 Å². The number of rotatable bonds is 7. The largest absolute Gasteiger partial charge is 0.487 e. The summed E-state index contributed by atoms with van der Waals surface area (Å²) in [6.45, 7) is 9.35. The van der Waals surface area contributed by atoms with Gasteiger partial charge in [-0.2, -0.15) is 0 Å². The van der Waals surface area contributed by atoms with Gasteiger partial charge in [-0.05, 0) is 25.5 Å². The van der Waals surface area contributed by atoms with Crippen LogP contribution in [0.4, 0.5) is 0 Å². The van der Waals surface area contributed by atoms with E-state index in [1.54, 1.807) is 6.20 Å². The molecule has 0 spiro atoms. The van der Waals surface area contributed by atoms with Crippen LogP contribution in [0, 0.1) is 6.92 Å². The number of hydrogen-bond acceptors (Lipinski definition) is 3. The summed E-state index contributed by atoms with van der Waals surface area (Å²) in [5.74, 6) is 0.900. The first-order chi connectivity index (χ1) is 8.13. The first-order valence-electron chi connectivity index (χ1n) is 6.45. The molecule has 96 valence electrons. The van der Waals surface area contributed by atoms with Crippen LogP contribution in [0.5, 0.6) is 5.75 Å². The molecular weight excluding hydrogens is 212 g/mol. The first-order valence-corrected chi connectivity index (χ1v) is 6.45. The smallest absolute Gasteiger partial charge is 0.140 e. The van der Waals surface area contributed by atoms with Gasteiger partial charge in [0.25, 0.3) is 0 Å². The van der Waals surface area contributed by atoms with Gasteiger partial charge in [-0.15, -0.1) is 0 Å². The van der Waals surface area contributed by atoms with E-state index >= 15 is 0 Å². The van der Waals surface area contributed by atoms with Gasteiger partial charge in [0, 0.05) is 18.8 Å². The molecule has 0 fully saturated rings. The van der Waals surface area contributed by atoms with Crippen molar-refractivity contribution in [3.63, 3.8) is 0 Å². The van der Waals surface area contributed by atoms with Gasteiger partial charge in [0.1, 0.15) is 11.9 Å². The standard InChI is InChI=1S/C14H24N2O/c1-5-7-13(10-16-11(2)3)17-14-8-6-9-15-12(14)4/h6,8-9,11,13,16H,5,7,10H2,1-4H3. The zero-order chi connectivity index (χ0) is 12.7. The van der Waals surface area contributed by atoms with Gasteiger partial charge in [0.15, 0.2) is 0 Å². The van der Waals surface area contributed by atoms with Crippen molar-refractivity contribution in [1.29, 1.82) is 0 Å². The summed E-state index contributed by atoms with van der Waals surface area (Å²) in [6, 6.07) is 4.40. The second kappa shape index (κ2) is 7.28. The summed E-state index contributed by atoms with van der Waals surface area (Å²) in [5.41, 5.74) is 0.957. The average Bonchev–Trinajstić information content (AvgIpc) is 2.29. The topological polar surface area (TPSA) is 34.1 Å². The van der Waals surface area contributed by atoms with Crippen LogP contribution < -0.4 is 10.1 Å². The summed E-state index contributed by atoms with van der Waals surface area (Å²) in [4.78, 5) is 4.24. The lowest BCUT2D eigenvalue weighted by molar-refractivity contribution is 0.181. The SMILES string of the molecule is CCCC(CNC(C)C)Oc1cccnc1C. The third kappa shape index (κ3) is 5.18. The minimum atomic E-state index is 0.227. The predicted molar refractivity (Wildman–Crippen MR) is 71.4 cm³/mol. The third-order valence-corrected chi connectivity index (χ3v) is 2.62. The van der Waals surface area contributed by atoms with E-state index in [9.17, 15) is 0 Å². The van der Waals surface area contributed by atoms with Crippen LogP contribution in [-0.4, -0.2) is 23.7 Å². The fraction of sp³-hybridized carbons (Fsp3) is 0.643. The van der Waals surface area contributed by atoms with Crippen LogP contribution in [0.2, 0.25) is 0 Å². The Morgan fingerprint density at radius 3 is 2.76 bits per heavy atom. The zero-order valence-electron chi connectivity index (χ0n) is 11.4. The molecule has 0 saturated carbocycles. The Hall–Kier alpha value is -1.09. The molecular formula is C14H24N2O. The summed E-state index contributed by atoms with van der Waals surface area (Å²) >= 11 is 0. The molecule has 0 aliphatic rings. The highest BCUT2D eigenvalue weighted by atomic mass is 16.5. The predicted octanol–water partition coefficient (Wildman–Crippen LogP) is 2.94. The van der Waals surface area contributed by atoms with Crippen LogP contribution in [0.25, 0.3) is 0 Å². The maximum atomic E-state index is 6.01. The second-order valence-corrected chi connectivity index (χ2v) is 4.68. The number of pyridine rings is 1. The molecule has 3 heteroatoms. The van der Waals surface area contributed by atoms with E-state index in [-0.39, 0.29) is 6.10 Å². The molecule has 1 atom stereocenters. The number of aryl methyl sites for hydroxylation is 1. The molecule has 0 aromatic carbocycles. The molecule has 0 amide bonds. The molecule has 0 aliphatic heterocycles. The van der Waals surface area contributed by atoms with E-state index in [2.05, 4.69) is 31.1 Å². The normalized spacial score (nSPS) is 12.8. The molecule has 3 nitrogen and oxygen atoms in total. The third-order valence-electron chi connectivity index (χ3n) is 2.62. The van der Waals surface area contributed by atoms with E-state index in [4.69, 9.17) is 4.74 Å². The molecule has 1 N–H and O–H groups in total. The highest BCUT2D eigenvalue weighted by Gasteiger charge is 2.11. The molecule has 0 aliphatic carbocycles. The quantitative estimate of drug-likeness (QED) is 0.790. The number of ether oxygens (including phenoxy) is 1. The fourth-order valence-electron chi connectivity index (χ4n) is 1.67. The molecule has 0 saturated heterocycles. The van der Waals surface area contributed by atoms with Crippen molar-refractivity contribution in [3.05, 3.63) is 24.0 Å². The van der Waals surface area contributed by atoms with Gasteiger partial charge < -0.3 is 10.1 Å². The van der Waals surface area contributed by atoms with Gasteiger partial charge in [0.2, 0.25) is 0 Å². The Morgan fingerprint density at radius 2 is 2.18 bits per heavy atom. The maximum absolute atomic E-state index is 6.01. The Morgan fingerprint density at radius 1 is 1.41 bits per heavy atom. The Balaban J connectivity index is 2.56. The summed E-state index contributed by atoms with van der Waals surface area (Å²) in [6.07, 6.45) is 4.21. The molecule has 1 rings (SSSR count). The highest BCUT2D eigenvalue weighted by Crippen LogP contribution is 2.17. The van der Waals surface area contributed by atoms with Crippen molar-refractivity contribution >= 4 is 0 Å². The number of aromatic nitrogens is 1. The van der Waals surface area contributed by atoms with Gasteiger partial charge in [-0.3, -0.25) is 4.98 Å². The van der Waals surface area contributed by atoms with Crippen molar-refractivity contribution in [2.75, 3.05) is 6.54 Å². The minimum absolute atomic E-state index is 0.227. The van der Waals surface area contributed by atoms with Crippen molar-refractivity contribution in [2.24, 2.45) is 0 Å². The summed E-state index contributed by atoms with van der Waals surface area (Å²) < 4.78 is 6.01. The van der Waals surface area contributed by atoms with Crippen LogP contribution in [0.15, 0.2) is 18.3 Å². The molecule has 0 radical (unpaired) electrons. The fourth-order valence-corrected chi connectivity index (χ4v) is 1.67. The van der Waals surface area contributed by atoms with Gasteiger partial charge in [-0.25, -0.2) is 0 Å². The van der Waals surface area contributed by atoms with Gasteiger partial charge >= 0.3 is 0 Å². The first kappa shape index (κ1) is 14.0. The zero-order valence-corrected chi connectivity index (χ0v) is 11.4. The van der Waals surface area contributed by atoms with Crippen LogP contribution in [-0.2, 0) is 0 Å². The lowest BCUT2D eigenvalue weighted by atomic mass is 10.2. The lowest BCUT2D eigenvalue weighted by Crippen LogP contribution is -2.35.